The molecule has 3 rings (SSSR count). The molecule has 0 aliphatic carbocycles. The number of ketones is 1. The molecule has 1 saturated heterocycles. The van der Waals surface area contributed by atoms with E-state index < -0.39 is 6.09 Å². The van der Waals surface area contributed by atoms with Gasteiger partial charge in [0.1, 0.15) is 6.61 Å². The molecule has 0 saturated carbocycles. The van der Waals surface area contributed by atoms with Crippen LogP contribution in [0.5, 0.6) is 0 Å². The highest BCUT2D eigenvalue weighted by Crippen LogP contribution is 2.33. The highest BCUT2D eigenvalue weighted by atomic mass is 16.6. The molecular weight excluding hydrogens is 326 g/mol. The van der Waals surface area contributed by atoms with Gasteiger partial charge in [-0.05, 0) is 36.6 Å². The lowest BCUT2D eigenvalue weighted by atomic mass is 10.0. The van der Waals surface area contributed by atoms with Crippen molar-refractivity contribution in [1.29, 1.82) is 0 Å². The molecule has 0 unspecified atom stereocenters. The fraction of sp³-hybridized carbons (Fsp3) is 0.182. The quantitative estimate of drug-likeness (QED) is 0.733. The van der Waals surface area contributed by atoms with Crippen molar-refractivity contribution in [3.8, 4) is 0 Å². The number of hydrogen-bond donors (Lipinski definition) is 0. The van der Waals surface area contributed by atoms with Gasteiger partial charge in [0.15, 0.2) is 0 Å². The van der Waals surface area contributed by atoms with E-state index in [1.807, 2.05) is 67.6 Å². The summed E-state index contributed by atoms with van der Waals surface area (Å²) in [6, 6.07) is 18.8. The van der Waals surface area contributed by atoms with Gasteiger partial charge in [-0.3, -0.25) is 9.69 Å². The second kappa shape index (κ2) is 7.83. The first-order valence-corrected chi connectivity index (χ1v) is 8.57. The molecule has 2 aromatic carbocycles. The minimum atomic E-state index is -0.502. The lowest BCUT2D eigenvalue weighted by molar-refractivity contribution is -0.113. The molecule has 132 valence electrons. The summed E-state index contributed by atoms with van der Waals surface area (Å²) in [6.45, 7) is 3.78. The van der Waals surface area contributed by atoms with E-state index in [0.717, 1.165) is 11.1 Å². The minimum absolute atomic E-state index is 0.184. The normalized spacial score (nSPS) is 18.0. The molecule has 1 heterocycles. The van der Waals surface area contributed by atoms with E-state index in [2.05, 4.69) is 0 Å². The molecule has 0 aromatic heterocycles. The number of hydrogen-bond acceptors (Lipinski definition) is 3. The van der Waals surface area contributed by atoms with Gasteiger partial charge in [0, 0.05) is 0 Å². The van der Waals surface area contributed by atoms with E-state index >= 15 is 0 Å². The summed E-state index contributed by atoms with van der Waals surface area (Å²) in [5.74, 6) is -0.184. The fourth-order valence-electron chi connectivity index (χ4n) is 2.89. The summed E-state index contributed by atoms with van der Waals surface area (Å²) >= 11 is 0. The smallest absolute Gasteiger partial charge is 0.415 e. The lowest BCUT2D eigenvalue weighted by Gasteiger charge is -2.24. The molecule has 0 radical (unpaired) electrons. The third kappa shape index (κ3) is 3.59. The average Bonchev–Trinajstić information content (AvgIpc) is 3.07. The Hall–Kier alpha value is -3.14. The van der Waals surface area contributed by atoms with Crippen molar-refractivity contribution in [1.82, 2.24) is 4.90 Å². The van der Waals surface area contributed by atoms with Crippen LogP contribution < -0.4 is 0 Å². The number of rotatable bonds is 5. The predicted molar refractivity (Wildman–Crippen MR) is 101 cm³/mol. The summed E-state index contributed by atoms with van der Waals surface area (Å²) < 4.78 is 5.29. The zero-order valence-corrected chi connectivity index (χ0v) is 14.9. The van der Waals surface area contributed by atoms with Crippen LogP contribution in [0.1, 0.15) is 31.0 Å². The number of Topliss-reactive ketones (excluding diaryl/α,β-unsaturated/α-hetero) is 1. The van der Waals surface area contributed by atoms with E-state index in [1.165, 1.54) is 4.90 Å². The molecule has 26 heavy (non-hydrogen) atoms. The second-order valence-electron chi connectivity index (χ2n) is 6.11. The summed E-state index contributed by atoms with van der Waals surface area (Å²) in [6.07, 6.45) is 3.00. The van der Waals surface area contributed by atoms with Crippen molar-refractivity contribution in [2.45, 2.75) is 19.9 Å². The molecule has 4 heteroatoms. The highest BCUT2D eigenvalue weighted by molar-refractivity contribution is 6.11. The van der Waals surface area contributed by atoms with E-state index in [0.29, 0.717) is 11.3 Å². The number of nitrogens with zero attached hydrogens (tertiary/aromatic N) is 1. The summed E-state index contributed by atoms with van der Waals surface area (Å²) in [5.41, 5.74) is 2.69. The Balaban J connectivity index is 2.09. The SMILES string of the molecule is C/C=C(/C)C(=O)/C(=C\c1ccccc1)N1C(=O)OC[C@@H]1c1ccccc1. The Kier molecular flexibility index (Phi) is 5.32. The topological polar surface area (TPSA) is 46.6 Å². The molecule has 1 amide bonds. The number of ether oxygens (including phenoxy) is 1. The van der Waals surface area contributed by atoms with Gasteiger partial charge in [0.25, 0.3) is 0 Å². The summed E-state index contributed by atoms with van der Waals surface area (Å²) in [7, 11) is 0. The largest absolute Gasteiger partial charge is 0.447 e. The monoisotopic (exact) mass is 347 g/mol. The summed E-state index contributed by atoms with van der Waals surface area (Å²) in [5, 5.41) is 0. The maximum Gasteiger partial charge on any atom is 0.415 e. The Morgan fingerprint density at radius 2 is 1.69 bits per heavy atom. The number of amides is 1. The van der Waals surface area contributed by atoms with Crippen molar-refractivity contribution in [2.24, 2.45) is 0 Å². The summed E-state index contributed by atoms with van der Waals surface area (Å²) in [4.78, 5) is 27.0. The maximum absolute atomic E-state index is 13.0. The molecular formula is C22H21NO3. The van der Waals surface area contributed by atoms with Crippen molar-refractivity contribution in [2.75, 3.05) is 6.61 Å². The van der Waals surface area contributed by atoms with Crippen LogP contribution in [0.3, 0.4) is 0 Å². The van der Waals surface area contributed by atoms with Crippen LogP contribution in [0, 0.1) is 0 Å². The zero-order chi connectivity index (χ0) is 18.5. The van der Waals surface area contributed by atoms with Gasteiger partial charge in [-0.25, -0.2) is 4.79 Å². The highest BCUT2D eigenvalue weighted by Gasteiger charge is 2.39. The van der Waals surface area contributed by atoms with Crippen LogP contribution in [0.4, 0.5) is 4.79 Å². The van der Waals surface area contributed by atoms with Gasteiger partial charge < -0.3 is 4.74 Å². The van der Waals surface area contributed by atoms with Gasteiger partial charge in [0.05, 0.1) is 11.7 Å². The van der Waals surface area contributed by atoms with Gasteiger partial charge >= 0.3 is 6.09 Å². The van der Waals surface area contributed by atoms with Crippen molar-refractivity contribution in [3.63, 3.8) is 0 Å². The molecule has 0 N–H and O–H groups in total. The Morgan fingerprint density at radius 1 is 1.08 bits per heavy atom. The van der Waals surface area contributed by atoms with E-state index in [1.54, 1.807) is 19.1 Å². The molecule has 1 aliphatic rings. The number of benzene rings is 2. The average molecular weight is 347 g/mol. The standard InChI is InChI=1S/C22H21NO3/c1-3-16(2)21(24)19(14-17-10-6-4-7-11-17)23-20(15-26-22(23)25)18-12-8-5-9-13-18/h3-14,20H,15H2,1-2H3/b16-3-,19-14+/t20-/m1/s1. The van der Waals surface area contributed by atoms with E-state index in [-0.39, 0.29) is 18.4 Å². The molecule has 0 spiro atoms. The van der Waals surface area contributed by atoms with Crippen molar-refractivity contribution in [3.05, 3.63) is 89.1 Å². The first-order chi connectivity index (χ1) is 12.6. The Labute approximate surface area is 153 Å². The maximum atomic E-state index is 13.0. The van der Waals surface area contributed by atoms with Crippen molar-refractivity contribution < 1.29 is 14.3 Å². The van der Waals surface area contributed by atoms with Crippen LogP contribution in [0.2, 0.25) is 0 Å². The van der Waals surface area contributed by atoms with Crippen LogP contribution in [-0.4, -0.2) is 23.4 Å². The predicted octanol–water partition coefficient (Wildman–Crippen LogP) is 4.76. The van der Waals surface area contributed by atoms with Gasteiger partial charge in [0.2, 0.25) is 5.78 Å². The van der Waals surface area contributed by atoms with Gasteiger partial charge in [-0.15, -0.1) is 0 Å². The fourth-order valence-corrected chi connectivity index (χ4v) is 2.89. The number of carbonyl (C=O) groups excluding carboxylic acids is 2. The first kappa shape index (κ1) is 17.7. The van der Waals surface area contributed by atoms with Crippen molar-refractivity contribution >= 4 is 18.0 Å². The van der Waals surface area contributed by atoms with Gasteiger partial charge in [-0.1, -0.05) is 66.7 Å². The van der Waals surface area contributed by atoms with Crippen LogP contribution in [0.15, 0.2) is 78.0 Å². The minimum Gasteiger partial charge on any atom is -0.447 e. The third-order valence-electron chi connectivity index (χ3n) is 4.44. The number of cyclic esters (lactones) is 1. The molecule has 1 fully saturated rings. The third-order valence-corrected chi connectivity index (χ3v) is 4.44. The molecule has 0 bridgehead atoms. The first-order valence-electron chi connectivity index (χ1n) is 8.57. The van der Waals surface area contributed by atoms with Crippen LogP contribution >= 0.6 is 0 Å². The lowest BCUT2D eigenvalue weighted by Crippen LogP contribution is -2.31. The van der Waals surface area contributed by atoms with Crippen LogP contribution in [0.25, 0.3) is 6.08 Å². The van der Waals surface area contributed by atoms with Crippen LogP contribution in [-0.2, 0) is 9.53 Å². The molecule has 4 nitrogen and oxygen atoms in total. The Bertz CT molecular complexity index is 853. The van der Waals surface area contributed by atoms with E-state index in [9.17, 15) is 9.59 Å². The zero-order valence-electron chi connectivity index (χ0n) is 14.9. The second-order valence-corrected chi connectivity index (χ2v) is 6.11. The Morgan fingerprint density at radius 3 is 2.31 bits per heavy atom. The number of carbonyl (C=O) groups is 2. The number of allylic oxidation sites excluding steroid dienone is 2. The van der Waals surface area contributed by atoms with Gasteiger partial charge in [-0.2, -0.15) is 0 Å². The van der Waals surface area contributed by atoms with E-state index in [4.69, 9.17) is 4.74 Å². The molecule has 1 atom stereocenters. The molecule has 1 aliphatic heterocycles. The molecule has 2 aromatic rings.